The molecule has 3 heterocycles. The highest BCUT2D eigenvalue weighted by Gasteiger charge is 2.20. The van der Waals surface area contributed by atoms with E-state index in [2.05, 4.69) is 25.1 Å². The summed E-state index contributed by atoms with van der Waals surface area (Å²) in [6.07, 6.45) is 2.05. The van der Waals surface area contributed by atoms with Gasteiger partial charge in [-0.1, -0.05) is 12.1 Å². The zero-order valence-corrected chi connectivity index (χ0v) is 15.6. The van der Waals surface area contributed by atoms with Crippen LogP contribution in [-0.2, 0) is 11.2 Å². The van der Waals surface area contributed by atoms with Crippen LogP contribution in [0.2, 0.25) is 0 Å². The lowest BCUT2D eigenvalue weighted by atomic mass is 10.2. The maximum absolute atomic E-state index is 12.7. The van der Waals surface area contributed by atoms with Crippen LogP contribution >= 0.6 is 0 Å². The van der Waals surface area contributed by atoms with Crippen molar-refractivity contribution in [3.63, 3.8) is 0 Å². The van der Waals surface area contributed by atoms with E-state index in [1.807, 2.05) is 48.2 Å². The molecule has 140 valence electrons. The predicted molar refractivity (Wildman–Crippen MR) is 105 cm³/mol. The van der Waals surface area contributed by atoms with E-state index < -0.39 is 0 Å². The van der Waals surface area contributed by atoms with Crippen molar-refractivity contribution >= 4 is 22.8 Å². The second kappa shape index (κ2) is 7.73. The van der Waals surface area contributed by atoms with Crippen molar-refractivity contribution in [2.24, 2.45) is 0 Å². The third kappa shape index (κ3) is 4.07. The summed E-state index contributed by atoms with van der Waals surface area (Å²) in [6.45, 7) is 5.12. The summed E-state index contributed by atoms with van der Waals surface area (Å²) in [5.74, 6) is 1.94. The molecule has 0 saturated carbocycles. The molecule has 0 atom stereocenters. The second-order valence-electron chi connectivity index (χ2n) is 6.95. The number of amides is 1. The highest BCUT2D eigenvalue weighted by molar-refractivity contribution is 5.77. The van der Waals surface area contributed by atoms with Crippen LogP contribution in [0.15, 0.2) is 36.4 Å². The van der Waals surface area contributed by atoms with Crippen molar-refractivity contribution in [1.29, 1.82) is 0 Å². The predicted octanol–water partition coefficient (Wildman–Crippen LogP) is 2.33. The molecule has 0 spiro atoms. The number of aromatic amines is 1. The van der Waals surface area contributed by atoms with Gasteiger partial charge in [-0.3, -0.25) is 4.79 Å². The van der Waals surface area contributed by atoms with E-state index in [1.165, 1.54) is 0 Å². The van der Waals surface area contributed by atoms with Gasteiger partial charge in [0.2, 0.25) is 5.91 Å². The monoisotopic (exact) mass is 364 g/mol. The van der Waals surface area contributed by atoms with Crippen molar-refractivity contribution in [3.8, 4) is 0 Å². The number of carbonyl (C=O) groups is 1. The Labute approximate surface area is 158 Å². The molecule has 4 rings (SSSR count). The van der Waals surface area contributed by atoms with Gasteiger partial charge in [-0.15, -0.1) is 5.10 Å². The van der Waals surface area contributed by atoms with Crippen LogP contribution < -0.4 is 4.90 Å². The minimum Gasteiger partial charge on any atom is -0.353 e. The first-order valence-corrected chi connectivity index (χ1v) is 9.46. The lowest BCUT2D eigenvalue weighted by molar-refractivity contribution is -0.130. The van der Waals surface area contributed by atoms with Gasteiger partial charge in [0.05, 0.1) is 16.7 Å². The molecular weight excluding hydrogens is 340 g/mol. The van der Waals surface area contributed by atoms with E-state index in [0.717, 1.165) is 54.4 Å². The van der Waals surface area contributed by atoms with Crippen LogP contribution in [0, 0.1) is 6.92 Å². The first kappa shape index (κ1) is 17.5. The molecule has 1 fully saturated rings. The molecule has 1 saturated heterocycles. The Morgan fingerprint density at radius 1 is 1.07 bits per heavy atom. The van der Waals surface area contributed by atoms with Gasteiger partial charge < -0.3 is 14.8 Å². The average Bonchev–Trinajstić information content (AvgIpc) is 2.94. The van der Waals surface area contributed by atoms with Gasteiger partial charge in [-0.2, -0.15) is 5.10 Å². The van der Waals surface area contributed by atoms with Gasteiger partial charge in [0.15, 0.2) is 5.82 Å². The van der Waals surface area contributed by atoms with Crippen molar-refractivity contribution in [3.05, 3.63) is 47.9 Å². The van der Waals surface area contributed by atoms with E-state index in [4.69, 9.17) is 0 Å². The fourth-order valence-electron chi connectivity index (χ4n) is 3.46. The number of imidazole rings is 1. The van der Waals surface area contributed by atoms with E-state index in [9.17, 15) is 4.79 Å². The number of hydrogen-bond donors (Lipinski definition) is 1. The standard InChI is InChI=1S/C20H24N6O/c1-15-7-9-19(24-23-15)25-11-4-12-26(14-13-25)20(27)10-8-18-21-16-5-2-3-6-17(16)22-18/h2-3,5-7,9H,4,8,10-14H2,1H3,(H,21,22). The summed E-state index contributed by atoms with van der Waals surface area (Å²) in [6, 6.07) is 11.9. The van der Waals surface area contributed by atoms with Crippen LogP contribution in [0.4, 0.5) is 5.82 Å². The Hall–Kier alpha value is -2.96. The average molecular weight is 364 g/mol. The fraction of sp³-hybridized carbons (Fsp3) is 0.400. The summed E-state index contributed by atoms with van der Waals surface area (Å²) in [4.78, 5) is 24.7. The lowest BCUT2D eigenvalue weighted by Crippen LogP contribution is -2.35. The number of H-pyrrole nitrogens is 1. The number of aromatic nitrogens is 4. The molecule has 1 amide bonds. The number of nitrogens with zero attached hydrogens (tertiary/aromatic N) is 5. The van der Waals surface area contributed by atoms with Gasteiger partial charge in [0, 0.05) is 39.0 Å². The zero-order chi connectivity index (χ0) is 18.6. The smallest absolute Gasteiger partial charge is 0.223 e. The third-order valence-corrected chi connectivity index (χ3v) is 4.97. The van der Waals surface area contributed by atoms with Gasteiger partial charge in [-0.25, -0.2) is 4.98 Å². The number of fused-ring (bicyclic) bond motifs is 1. The number of benzene rings is 1. The van der Waals surface area contributed by atoms with Crippen molar-refractivity contribution in [1.82, 2.24) is 25.1 Å². The van der Waals surface area contributed by atoms with Crippen molar-refractivity contribution in [2.45, 2.75) is 26.2 Å². The molecule has 0 aliphatic carbocycles. The maximum atomic E-state index is 12.7. The number of hydrogen-bond acceptors (Lipinski definition) is 5. The molecule has 1 aliphatic heterocycles. The number of nitrogens with one attached hydrogen (secondary N) is 1. The number of anilines is 1. The first-order chi connectivity index (χ1) is 13.2. The topological polar surface area (TPSA) is 78.0 Å². The summed E-state index contributed by atoms with van der Waals surface area (Å²) in [5, 5.41) is 8.41. The Balaban J connectivity index is 1.33. The van der Waals surface area contributed by atoms with Crippen LogP contribution in [-0.4, -0.2) is 57.2 Å². The largest absolute Gasteiger partial charge is 0.353 e. The Bertz CT molecular complexity index is 887. The van der Waals surface area contributed by atoms with Crippen LogP contribution in [0.25, 0.3) is 11.0 Å². The number of para-hydroxylation sites is 2. The van der Waals surface area contributed by atoms with Crippen LogP contribution in [0.5, 0.6) is 0 Å². The molecule has 2 aromatic heterocycles. The molecule has 0 radical (unpaired) electrons. The summed E-state index contributed by atoms with van der Waals surface area (Å²) < 4.78 is 0. The number of carbonyl (C=O) groups excluding carboxylic acids is 1. The van der Waals surface area contributed by atoms with Gasteiger partial charge in [0.25, 0.3) is 0 Å². The SMILES string of the molecule is Cc1ccc(N2CCCN(C(=O)CCc3nc4ccccc4[nH]3)CC2)nn1. The van der Waals surface area contributed by atoms with Crippen molar-refractivity contribution < 1.29 is 4.79 Å². The van der Waals surface area contributed by atoms with Gasteiger partial charge in [-0.05, 0) is 37.6 Å². The second-order valence-corrected chi connectivity index (χ2v) is 6.95. The lowest BCUT2D eigenvalue weighted by Gasteiger charge is -2.22. The molecule has 1 aromatic carbocycles. The molecule has 0 unspecified atom stereocenters. The molecule has 1 N–H and O–H groups in total. The van der Waals surface area contributed by atoms with Crippen molar-refractivity contribution in [2.75, 3.05) is 31.1 Å². The molecule has 7 nitrogen and oxygen atoms in total. The van der Waals surface area contributed by atoms with Gasteiger partial charge in [0.1, 0.15) is 5.82 Å². The zero-order valence-electron chi connectivity index (χ0n) is 15.6. The minimum absolute atomic E-state index is 0.187. The van der Waals surface area contributed by atoms with E-state index >= 15 is 0 Å². The van der Waals surface area contributed by atoms with E-state index in [1.54, 1.807) is 0 Å². The van der Waals surface area contributed by atoms with E-state index in [0.29, 0.717) is 19.4 Å². The Morgan fingerprint density at radius 2 is 1.96 bits per heavy atom. The Kier molecular flexibility index (Phi) is 5.00. The quantitative estimate of drug-likeness (QED) is 0.769. The fourth-order valence-corrected chi connectivity index (χ4v) is 3.46. The molecule has 3 aromatic rings. The Morgan fingerprint density at radius 3 is 2.78 bits per heavy atom. The maximum Gasteiger partial charge on any atom is 0.223 e. The van der Waals surface area contributed by atoms with Crippen LogP contribution in [0.3, 0.4) is 0 Å². The molecule has 27 heavy (non-hydrogen) atoms. The summed E-state index contributed by atoms with van der Waals surface area (Å²) >= 11 is 0. The van der Waals surface area contributed by atoms with Crippen LogP contribution in [0.1, 0.15) is 24.4 Å². The summed E-state index contributed by atoms with van der Waals surface area (Å²) in [5.41, 5.74) is 2.88. The highest BCUT2D eigenvalue weighted by Crippen LogP contribution is 2.15. The highest BCUT2D eigenvalue weighted by atomic mass is 16.2. The molecule has 7 heteroatoms. The normalized spacial score (nSPS) is 15.1. The first-order valence-electron chi connectivity index (χ1n) is 9.46. The van der Waals surface area contributed by atoms with E-state index in [-0.39, 0.29) is 5.91 Å². The van der Waals surface area contributed by atoms with Gasteiger partial charge >= 0.3 is 0 Å². The molecule has 0 bridgehead atoms. The summed E-state index contributed by atoms with van der Waals surface area (Å²) in [7, 11) is 0. The molecular formula is C20H24N6O. The number of aryl methyl sites for hydroxylation is 2. The molecule has 1 aliphatic rings. The minimum atomic E-state index is 0.187. The number of rotatable bonds is 4. The third-order valence-electron chi connectivity index (χ3n) is 4.97.